The molecule has 28 heavy (non-hydrogen) atoms. The average molecular weight is 390 g/mol. The maximum Gasteiger partial charge on any atom is 0.270 e. The first kappa shape index (κ1) is 21.0. The molecule has 3 rings (SSSR count). The molecule has 0 aliphatic carbocycles. The average Bonchev–Trinajstić information content (AvgIpc) is 2.98. The van der Waals surface area contributed by atoms with Crippen LogP contribution in [0.5, 0.6) is 0 Å². The van der Waals surface area contributed by atoms with Gasteiger partial charge >= 0.3 is 0 Å². The van der Waals surface area contributed by atoms with Crippen LogP contribution in [0, 0.1) is 0 Å². The SMILES string of the molecule is CC(C)N1CCC(N2CCCN(c3cccc(C(=O)NCCO)n3)CC2)CC1. The number of carbonyl (C=O) groups is 1. The van der Waals surface area contributed by atoms with E-state index in [1.54, 1.807) is 6.07 Å². The summed E-state index contributed by atoms with van der Waals surface area (Å²) in [7, 11) is 0. The summed E-state index contributed by atoms with van der Waals surface area (Å²) in [5.74, 6) is 0.636. The van der Waals surface area contributed by atoms with E-state index in [2.05, 4.69) is 38.8 Å². The highest BCUT2D eigenvalue weighted by molar-refractivity contribution is 5.92. The maximum absolute atomic E-state index is 12.1. The van der Waals surface area contributed by atoms with Crippen LogP contribution in [0.15, 0.2) is 18.2 Å². The number of amides is 1. The summed E-state index contributed by atoms with van der Waals surface area (Å²) in [6.45, 7) is 11.3. The molecule has 0 saturated carbocycles. The van der Waals surface area contributed by atoms with Crippen LogP contribution in [-0.2, 0) is 0 Å². The first-order chi connectivity index (χ1) is 13.6. The zero-order chi connectivity index (χ0) is 19.9. The van der Waals surface area contributed by atoms with Gasteiger partial charge in [0.15, 0.2) is 0 Å². The summed E-state index contributed by atoms with van der Waals surface area (Å²) in [5, 5.41) is 11.5. The Morgan fingerprint density at radius 3 is 2.68 bits per heavy atom. The fraction of sp³-hybridized carbons (Fsp3) is 0.714. The molecular formula is C21H35N5O2. The third-order valence-corrected chi connectivity index (χ3v) is 5.96. The number of rotatable bonds is 6. The van der Waals surface area contributed by atoms with Gasteiger partial charge in [0.1, 0.15) is 11.5 Å². The van der Waals surface area contributed by atoms with E-state index in [-0.39, 0.29) is 19.1 Å². The van der Waals surface area contributed by atoms with Gasteiger partial charge in [-0.2, -0.15) is 0 Å². The fourth-order valence-corrected chi connectivity index (χ4v) is 4.28. The molecular weight excluding hydrogens is 354 g/mol. The number of piperidine rings is 1. The highest BCUT2D eigenvalue weighted by Gasteiger charge is 2.27. The Morgan fingerprint density at radius 2 is 1.96 bits per heavy atom. The lowest BCUT2D eigenvalue weighted by Gasteiger charge is -2.39. The van der Waals surface area contributed by atoms with Gasteiger partial charge in [-0.15, -0.1) is 0 Å². The van der Waals surface area contributed by atoms with Crippen LogP contribution in [0.1, 0.15) is 43.6 Å². The number of nitrogens with one attached hydrogen (secondary N) is 1. The highest BCUT2D eigenvalue weighted by atomic mass is 16.3. The van der Waals surface area contributed by atoms with Gasteiger partial charge in [0.25, 0.3) is 5.91 Å². The van der Waals surface area contributed by atoms with Crippen molar-refractivity contribution in [3.63, 3.8) is 0 Å². The minimum atomic E-state index is -0.232. The van der Waals surface area contributed by atoms with Crippen LogP contribution in [0.3, 0.4) is 0 Å². The minimum Gasteiger partial charge on any atom is -0.395 e. The third kappa shape index (κ3) is 5.43. The largest absolute Gasteiger partial charge is 0.395 e. The zero-order valence-corrected chi connectivity index (χ0v) is 17.3. The monoisotopic (exact) mass is 389 g/mol. The van der Waals surface area contributed by atoms with Crippen molar-refractivity contribution in [1.29, 1.82) is 0 Å². The molecule has 2 N–H and O–H groups in total. The molecule has 0 unspecified atom stereocenters. The van der Waals surface area contributed by atoms with E-state index >= 15 is 0 Å². The predicted octanol–water partition coefficient (Wildman–Crippen LogP) is 1.19. The van der Waals surface area contributed by atoms with Gasteiger partial charge in [-0.05, 0) is 58.3 Å². The van der Waals surface area contributed by atoms with Crippen molar-refractivity contribution in [2.45, 2.75) is 45.2 Å². The first-order valence-corrected chi connectivity index (χ1v) is 10.7. The Labute approximate surface area is 168 Å². The lowest BCUT2D eigenvalue weighted by atomic mass is 10.0. The first-order valence-electron chi connectivity index (χ1n) is 10.7. The van der Waals surface area contributed by atoms with Crippen molar-refractivity contribution in [2.24, 2.45) is 0 Å². The van der Waals surface area contributed by atoms with Crippen LogP contribution in [0.2, 0.25) is 0 Å². The summed E-state index contributed by atoms with van der Waals surface area (Å²) < 4.78 is 0. The van der Waals surface area contributed by atoms with Gasteiger partial charge in [-0.3, -0.25) is 9.69 Å². The summed E-state index contributed by atoms with van der Waals surface area (Å²) in [6, 6.07) is 6.94. The van der Waals surface area contributed by atoms with Crippen LogP contribution in [0.4, 0.5) is 5.82 Å². The Bertz CT molecular complexity index is 631. The number of aromatic nitrogens is 1. The van der Waals surface area contributed by atoms with E-state index in [1.807, 2.05) is 12.1 Å². The number of pyridine rings is 1. The molecule has 1 aromatic rings. The van der Waals surface area contributed by atoms with Gasteiger partial charge < -0.3 is 20.2 Å². The zero-order valence-electron chi connectivity index (χ0n) is 17.3. The molecule has 1 amide bonds. The number of hydrogen-bond donors (Lipinski definition) is 2. The lowest BCUT2D eigenvalue weighted by molar-refractivity contribution is 0.0940. The lowest BCUT2D eigenvalue weighted by Crippen LogP contribution is -2.47. The van der Waals surface area contributed by atoms with Crippen LogP contribution < -0.4 is 10.2 Å². The molecule has 2 aliphatic heterocycles. The Hall–Kier alpha value is -1.70. The summed E-state index contributed by atoms with van der Waals surface area (Å²) >= 11 is 0. The Morgan fingerprint density at radius 1 is 1.18 bits per heavy atom. The molecule has 2 fully saturated rings. The van der Waals surface area contributed by atoms with E-state index in [4.69, 9.17) is 5.11 Å². The van der Waals surface area contributed by atoms with Crippen molar-refractivity contribution in [2.75, 3.05) is 57.3 Å². The molecule has 0 aromatic carbocycles. The number of nitrogens with zero attached hydrogens (tertiary/aromatic N) is 4. The van der Waals surface area contributed by atoms with Crippen molar-refractivity contribution < 1.29 is 9.90 Å². The molecule has 0 atom stereocenters. The molecule has 0 bridgehead atoms. The molecule has 7 nitrogen and oxygen atoms in total. The minimum absolute atomic E-state index is 0.0660. The standard InChI is InChI=1S/C21H35N5O2/c1-17(2)24-12-7-18(8-13-24)25-10-4-11-26(15-14-25)20-6-3-5-19(23-20)21(28)22-9-16-27/h3,5-6,17-18,27H,4,7-16H2,1-2H3,(H,22,28). The topological polar surface area (TPSA) is 71.9 Å². The fourth-order valence-electron chi connectivity index (χ4n) is 4.28. The second-order valence-corrected chi connectivity index (χ2v) is 8.10. The summed E-state index contributed by atoms with van der Waals surface area (Å²) in [6.07, 6.45) is 3.64. The molecule has 7 heteroatoms. The van der Waals surface area contributed by atoms with Gasteiger partial charge in [-0.25, -0.2) is 4.98 Å². The maximum atomic E-state index is 12.1. The number of anilines is 1. The Kier molecular flexibility index (Phi) is 7.65. The van der Waals surface area contributed by atoms with Gasteiger partial charge in [0.05, 0.1) is 6.61 Å². The van der Waals surface area contributed by atoms with E-state index in [0.717, 1.165) is 38.4 Å². The smallest absolute Gasteiger partial charge is 0.270 e. The van der Waals surface area contributed by atoms with Crippen molar-refractivity contribution in [1.82, 2.24) is 20.1 Å². The van der Waals surface area contributed by atoms with Gasteiger partial charge in [0, 0.05) is 44.8 Å². The molecule has 2 aliphatic rings. The second-order valence-electron chi connectivity index (χ2n) is 8.10. The van der Waals surface area contributed by atoms with E-state index < -0.39 is 0 Å². The van der Waals surface area contributed by atoms with Crippen LogP contribution >= 0.6 is 0 Å². The number of aliphatic hydroxyl groups excluding tert-OH is 1. The molecule has 1 aromatic heterocycles. The quantitative estimate of drug-likeness (QED) is 0.762. The number of likely N-dealkylation sites (tertiary alicyclic amines) is 1. The molecule has 2 saturated heterocycles. The van der Waals surface area contributed by atoms with E-state index in [0.29, 0.717) is 17.8 Å². The molecule has 0 spiro atoms. The van der Waals surface area contributed by atoms with Crippen molar-refractivity contribution in [3.05, 3.63) is 23.9 Å². The Balaban J connectivity index is 1.56. The highest BCUT2D eigenvalue weighted by Crippen LogP contribution is 2.21. The summed E-state index contributed by atoms with van der Waals surface area (Å²) in [4.78, 5) is 24.2. The second kappa shape index (κ2) is 10.2. The number of aliphatic hydroxyl groups is 1. The third-order valence-electron chi connectivity index (χ3n) is 5.96. The molecule has 3 heterocycles. The molecule has 156 valence electrons. The normalized spacial score (nSPS) is 20.4. The van der Waals surface area contributed by atoms with Crippen LogP contribution in [-0.4, -0.2) is 90.3 Å². The van der Waals surface area contributed by atoms with Gasteiger partial charge in [-0.1, -0.05) is 6.07 Å². The summed E-state index contributed by atoms with van der Waals surface area (Å²) in [5.41, 5.74) is 0.410. The van der Waals surface area contributed by atoms with Crippen LogP contribution in [0.25, 0.3) is 0 Å². The van der Waals surface area contributed by atoms with Crippen molar-refractivity contribution >= 4 is 11.7 Å². The van der Waals surface area contributed by atoms with Crippen molar-refractivity contribution in [3.8, 4) is 0 Å². The predicted molar refractivity (Wildman–Crippen MR) is 112 cm³/mol. The number of hydrogen-bond acceptors (Lipinski definition) is 6. The number of carbonyl (C=O) groups excluding carboxylic acids is 1. The molecule has 0 radical (unpaired) electrons. The van der Waals surface area contributed by atoms with E-state index in [9.17, 15) is 4.79 Å². The van der Waals surface area contributed by atoms with Gasteiger partial charge in [0.2, 0.25) is 0 Å². The van der Waals surface area contributed by atoms with E-state index in [1.165, 1.54) is 25.9 Å².